The van der Waals surface area contributed by atoms with E-state index in [1.165, 1.54) is 12.1 Å². The van der Waals surface area contributed by atoms with E-state index < -0.39 is 5.97 Å². The minimum absolute atomic E-state index is 0.124. The Labute approximate surface area is 169 Å². The summed E-state index contributed by atoms with van der Waals surface area (Å²) < 4.78 is 5.06. The molecule has 0 saturated heterocycles. The maximum absolute atomic E-state index is 12.4. The van der Waals surface area contributed by atoms with Crippen molar-refractivity contribution < 1.29 is 19.1 Å². The molecule has 0 unspecified atom stereocenters. The highest BCUT2D eigenvalue weighted by atomic mass is 16.5. The lowest BCUT2D eigenvalue weighted by Crippen LogP contribution is -2.28. The number of esters is 1. The van der Waals surface area contributed by atoms with E-state index >= 15 is 0 Å². The van der Waals surface area contributed by atoms with Crippen LogP contribution in [-0.2, 0) is 16.1 Å². The summed E-state index contributed by atoms with van der Waals surface area (Å²) in [5.41, 5.74) is 3.42. The average molecular weight is 387 g/mol. The summed E-state index contributed by atoms with van der Waals surface area (Å²) in [6.07, 6.45) is 0. The molecule has 3 aromatic carbocycles. The summed E-state index contributed by atoms with van der Waals surface area (Å²) in [7, 11) is 0. The Morgan fingerprint density at radius 1 is 0.759 bits per heavy atom. The molecule has 0 spiro atoms. The lowest BCUT2D eigenvalue weighted by molar-refractivity contribution is -0.124. The van der Waals surface area contributed by atoms with E-state index in [1.54, 1.807) is 36.4 Å². The number of benzene rings is 3. The van der Waals surface area contributed by atoms with Crippen molar-refractivity contribution in [1.82, 2.24) is 5.32 Å². The van der Waals surface area contributed by atoms with Gasteiger partial charge in [-0.3, -0.25) is 9.59 Å². The topological polar surface area (TPSA) is 72.5 Å². The van der Waals surface area contributed by atoms with Crippen molar-refractivity contribution in [2.75, 3.05) is 6.61 Å². The lowest BCUT2D eigenvalue weighted by atomic mass is 10.0. The molecule has 29 heavy (non-hydrogen) atoms. The van der Waals surface area contributed by atoms with Gasteiger partial charge in [0.2, 0.25) is 0 Å². The van der Waals surface area contributed by atoms with Crippen molar-refractivity contribution in [3.05, 3.63) is 107 Å². The normalized spacial score (nSPS) is 10.2. The van der Waals surface area contributed by atoms with E-state index in [4.69, 9.17) is 4.74 Å². The van der Waals surface area contributed by atoms with Crippen LogP contribution in [0.15, 0.2) is 78.9 Å². The Kier molecular flexibility index (Phi) is 6.53. The Morgan fingerprint density at radius 3 is 2.03 bits per heavy atom. The number of amides is 1. The molecule has 1 N–H and O–H groups in total. The second kappa shape index (κ2) is 9.46. The van der Waals surface area contributed by atoms with E-state index in [-0.39, 0.29) is 23.9 Å². The molecule has 3 rings (SSSR count). The molecule has 0 atom stereocenters. The Bertz CT molecular complexity index is 1010. The van der Waals surface area contributed by atoms with Gasteiger partial charge in [-0.25, -0.2) is 4.79 Å². The van der Waals surface area contributed by atoms with Crippen molar-refractivity contribution in [3.8, 4) is 0 Å². The second-order valence-electron chi connectivity index (χ2n) is 6.55. The molecule has 5 nitrogen and oxygen atoms in total. The number of ether oxygens (including phenoxy) is 1. The maximum atomic E-state index is 12.4. The molecular formula is C24H21NO4. The molecule has 0 radical (unpaired) electrons. The van der Waals surface area contributed by atoms with Crippen LogP contribution in [0.2, 0.25) is 0 Å². The third kappa shape index (κ3) is 5.39. The zero-order valence-electron chi connectivity index (χ0n) is 16.1. The van der Waals surface area contributed by atoms with Crippen molar-refractivity contribution in [1.29, 1.82) is 0 Å². The SMILES string of the molecule is Cc1ccccc1CNC(=O)COC(=O)c1ccc(C(=O)c2ccccc2)cc1. The molecule has 0 aliphatic heterocycles. The summed E-state index contributed by atoms with van der Waals surface area (Å²) in [4.78, 5) is 36.5. The van der Waals surface area contributed by atoms with Gasteiger partial charge in [0.25, 0.3) is 5.91 Å². The number of nitrogens with one attached hydrogen (secondary N) is 1. The first-order valence-electron chi connectivity index (χ1n) is 9.23. The summed E-state index contributed by atoms with van der Waals surface area (Å²) in [6.45, 7) is 1.97. The second-order valence-corrected chi connectivity index (χ2v) is 6.55. The molecule has 146 valence electrons. The number of aryl methyl sites for hydroxylation is 1. The van der Waals surface area contributed by atoms with Crippen molar-refractivity contribution in [2.24, 2.45) is 0 Å². The van der Waals surface area contributed by atoms with Gasteiger partial charge in [-0.1, -0.05) is 66.7 Å². The molecule has 3 aromatic rings. The minimum Gasteiger partial charge on any atom is -0.452 e. The molecule has 0 aliphatic rings. The monoisotopic (exact) mass is 387 g/mol. The zero-order valence-corrected chi connectivity index (χ0v) is 16.1. The van der Waals surface area contributed by atoms with E-state index in [0.29, 0.717) is 17.7 Å². The van der Waals surface area contributed by atoms with Gasteiger partial charge in [0.1, 0.15) is 0 Å². The third-order valence-electron chi connectivity index (χ3n) is 4.49. The molecule has 0 heterocycles. The van der Waals surface area contributed by atoms with E-state index in [2.05, 4.69) is 5.32 Å². The highest BCUT2D eigenvalue weighted by Gasteiger charge is 2.13. The molecule has 0 bridgehead atoms. The maximum Gasteiger partial charge on any atom is 0.338 e. The van der Waals surface area contributed by atoms with Crippen LogP contribution in [-0.4, -0.2) is 24.3 Å². The van der Waals surface area contributed by atoms with Gasteiger partial charge >= 0.3 is 5.97 Å². The number of carbonyl (C=O) groups is 3. The van der Waals surface area contributed by atoms with Crippen molar-refractivity contribution in [2.45, 2.75) is 13.5 Å². The molecular weight excluding hydrogens is 366 g/mol. The summed E-state index contributed by atoms with van der Waals surface area (Å²) in [6, 6.07) is 22.8. The van der Waals surface area contributed by atoms with Crippen LogP contribution in [0.5, 0.6) is 0 Å². The van der Waals surface area contributed by atoms with Crippen LogP contribution >= 0.6 is 0 Å². The Balaban J connectivity index is 1.51. The fraction of sp³-hybridized carbons (Fsp3) is 0.125. The molecule has 0 aromatic heterocycles. The summed E-state index contributed by atoms with van der Waals surface area (Å²) in [5.74, 6) is -1.12. The molecule has 5 heteroatoms. The third-order valence-corrected chi connectivity index (χ3v) is 4.49. The first-order chi connectivity index (χ1) is 14.0. The summed E-state index contributed by atoms with van der Waals surface area (Å²) in [5, 5.41) is 2.73. The highest BCUT2D eigenvalue weighted by molar-refractivity contribution is 6.09. The van der Waals surface area contributed by atoms with Gasteiger partial charge in [-0.05, 0) is 30.2 Å². The van der Waals surface area contributed by atoms with Gasteiger partial charge in [-0.15, -0.1) is 0 Å². The zero-order chi connectivity index (χ0) is 20.6. The van der Waals surface area contributed by atoms with Crippen LogP contribution in [0.1, 0.15) is 37.4 Å². The van der Waals surface area contributed by atoms with Crippen LogP contribution < -0.4 is 5.32 Å². The largest absolute Gasteiger partial charge is 0.452 e. The fourth-order valence-electron chi connectivity index (χ4n) is 2.78. The van der Waals surface area contributed by atoms with Crippen molar-refractivity contribution >= 4 is 17.7 Å². The number of hydrogen-bond acceptors (Lipinski definition) is 4. The molecule has 0 aliphatic carbocycles. The van der Waals surface area contributed by atoms with E-state index in [1.807, 2.05) is 37.3 Å². The predicted octanol–water partition coefficient (Wildman–Crippen LogP) is 3.70. The fourth-order valence-corrected chi connectivity index (χ4v) is 2.78. The number of hydrogen-bond donors (Lipinski definition) is 1. The highest BCUT2D eigenvalue weighted by Crippen LogP contribution is 2.12. The van der Waals surface area contributed by atoms with Gasteiger partial charge < -0.3 is 10.1 Å². The van der Waals surface area contributed by atoms with Crippen LogP contribution in [0.3, 0.4) is 0 Å². The van der Waals surface area contributed by atoms with Gasteiger partial charge in [0, 0.05) is 17.7 Å². The number of ketones is 1. The lowest BCUT2D eigenvalue weighted by Gasteiger charge is -2.09. The Hall–Kier alpha value is -3.73. The Morgan fingerprint density at radius 2 is 1.34 bits per heavy atom. The van der Waals surface area contributed by atoms with Gasteiger partial charge in [0.15, 0.2) is 12.4 Å². The van der Waals surface area contributed by atoms with E-state index in [9.17, 15) is 14.4 Å². The van der Waals surface area contributed by atoms with Crippen LogP contribution in [0, 0.1) is 6.92 Å². The molecule has 0 saturated carbocycles. The van der Waals surface area contributed by atoms with Gasteiger partial charge in [0.05, 0.1) is 5.56 Å². The number of rotatable bonds is 7. The van der Waals surface area contributed by atoms with Crippen LogP contribution in [0.4, 0.5) is 0 Å². The smallest absolute Gasteiger partial charge is 0.338 e. The number of carbonyl (C=O) groups excluding carboxylic acids is 3. The first kappa shape index (κ1) is 20.0. The molecule has 1 amide bonds. The first-order valence-corrected chi connectivity index (χ1v) is 9.23. The van der Waals surface area contributed by atoms with Crippen molar-refractivity contribution in [3.63, 3.8) is 0 Å². The molecule has 0 fully saturated rings. The summed E-state index contributed by atoms with van der Waals surface area (Å²) >= 11 is 0. The van der Waals surface area contributed by atoms with Crippen LogP contribution in [0.25, 0.3) is 0 Å². The quantitative estimate of drug-likeness (QED) is 0.496. The van der Waals surface area contributed by atoms with Gasteiger partial charge in [-0.2, -0.15) is 0 Å². The predicted molar refractivity (Wildman–Crippen MR) is 110 cm³/mol. The standard InChI is InChI=1S/C24H21NO4/c1-17-7-5-6-10-21(17)15-25-22(26)16-29-24(28)20-13-11-19(12-14-20)23(27)18-8-3-2-4-9-18/h2-14H,15-16H2,1H3,(H,25,26). The van der Waals surface area contributed by atoms with E-state index in [0.717, 1.165) is 11.1 Å². The average Bonchev–Trinajstić information content (AvgIpc) is 2.77. The minimum atomic E-state index is -0.616.